The van der Waals surface area contributed by atoms with E-state index in [0.29, 0.717) is 12.2 Å². The van der Waals surface area contributed by atoms with Crippen LogP contribution in [0.3, 0.4) is 0 Å². The summed E-state index contributed by atoms with van der Waals surface area (Å²) in [6.45, 7) is 2.01. The third-order valence-corrected chi connectivity index (χ3v) is 4.48. The van der Waals surface area contributed by atoms with E-state index in [-0.39, 0.29) is 0 Å². The Morgan fingerprint density at radius 1 is 1.24 bits per heavy atom. The van der Waals surface area contributed by atoms with Gasteiger partial charge < -0.3 is 4.42 Å². The van der Waals surface area contributed by atoms with Crippen LogP contribution in [0.5, 0.6) is 0 Å². The highest BCUT2D eigenvalue weighted by molar-refractivity contribution is 7.88. The Morgan fingerprint density at radius 3 is 2.52 bits per heavy atom. The van der Waals surface area contributed by atoms with Crippen LogP contribution in [-0.2, 0) is 10.0 Å². The Labute approximate surface area is 123 Å². The lowest BCUT2D eigenvalue weighted by molar-refractivity contribution is 0.322. The summed E-state index contributed by atoms with van der Waals surface area (Å²) in [6, 6.07) is 11.0. The van der Waals surface area contributed by atoms with Gasteiger partial charge in [0.1, 0.15) is 11.8 Å². The summed E-state index contributed by atoms with van der Waals surface area (Å²) in [5.74, 6) is 0.603. The molecule has 110 valence electrons. The summed E-state index contributed by atoms with van der Waals surface area (Å²) < 4.78 is 30.4. The number of hydrogen-bond donors (Lipinski definition) is 0. The van der Waals surface area contributed by atoms with Crippen molar-refractivity contribution in [2.45, 2.75) is 19.4 Å². The zero-order chi connectivity index (χ0) is 15.0. The maximum absolute atomic E-state index is 11.9. The van der Waals surface area contributed by atoms with E-state index in [4.69, 9.17) is 4.42 Å². The molecule has 0 N–H and O–H groups in total. The molecule has 0 radical (unpaired) electrons. The number of hydrazone groups is 1. The fourth-order valence-corrected chi connectivity index (χ4v) is 3.30. The summed E-state index contributed by atoms with van der Waals surface area (Å²) in [6.07, 6.45) is 3.20. The second-order valence-corrected chi connectivity index (χ2v) is 7.02. The molecule has 1 aliphatic rings. The van der Waals surface area contributed by atoms with Crippen LogP contribution in [0.25, 0.3) is 0 Å². The van der Waals surface area contributed by atoms with E-state index in [1.54, 1.807) is 18.4 Å². The molecule has 0 bridgehead atoms. The van der Waals surface area contributed by atoms with Crippen LogP contribution >= 0.6 is 0 Å². The van der Waals surface area contributed by atoms with E-state index in [2.05, 4.69) is 5.10 Å². The predicted octanol–water partition coefficient (Wildman–Crippen LogP) is 2.70. The molecule has 0 amide bonds. The van der Waals surface area contributed by atoms with Gasteiger partial charge in [0.05, 0.1) is 18.2 Å². The number of benzene rings is 1. The number of nitrogens with zero attached hydrogens (tertiary/aromatic N) is 2. The van der Waals surface area contributed by atoms with Gasteiger partial charge in [0.15, 0.2) is 0 Å². The summed E-state index contributed by atoms with van der Waals surface area (Å²) >= 11 is 0. The third kappa shape index (κ3) is 2.71. The van der Waals surface area contributed by atoms with Crippen LogP contribution < -0.4 is 0 Å². The lowest BCUT2D eigenvalue weighted by Gasteiger charge is -2.18. The Bertz CT molecular complexity index is 762. The maximum atomic E-state index is 11.9. The van der Waals surface area contributed by atoms with Gasteiger partial charge in [-0.2, -0.15) is 9.52 Å². The molecule has 5 nitrogen and oxygen atoms in total. The van der Waals surface area contributed by atoms with Crippen molar-refractivity contribution in [3.05, 3.63) is 59.5 Å². The minimum absolute atomic E-state index is 0.411. The van der Waals surface area contributed by atoms with Crippen LogP contribution in [0.2, 0.25) is 0 Å². The fraction of sp³-hybridized carbons (Fsp3) is 0.267. The monoisotopic (exact) mass is 304 g/mol. The van der Waals surface area contributed by atoms with Gasteiger partial charge in [-0.3, -0.25) is 0 Å². The van der Waals surface area contributed by atoms with Gasteiger partial charge in [0.25, 0.3) is 0 Å². The molecule has 1 atom stereocenters. The molecule has 0 saturated carbocycles. The van der Waals surface area contributed by atoms with Gasteiger partial charge in [-0.05, 0) is 24.6 Å². The smallest absolute Gasteiger partial charge is 0.247 e. The highest BCUT2D eigenvalue weighted by Crippen LogP contribution is 2.34. The summed E-state index contributed by atoms with van der Waals surface area (Å²) in [5, 5.41) is 4.30. The Balaban J connectivity index is 1.99. The molecule has 0 aliphatic carbocycles. The van der Waals surface area contributed by atoms with Crippen molar-refractivity contribution in [3.63, 3.8) is 0 Å². The van der Waals surface area contributed by atoms with Gasteiger partial charge in [0, 0.05) is 6.42 Å². The van der Waals surface area contributed by atoms with Crippen LogP contribution in [0, 0.1) is 6.92 Å². The summed E-state index contributed by atoms with van der Waals surface area (Å²) in [4.78, 5) is 0. The number of hydrogen-bond acceptors (Lipinski definition) is 4. The molecule has 0 saturated heterocycles. The van der Waals surface area contributed by atoms with E-state index in [9.17, 15) is 8.42 Å². The van der Waals surface area contributed by atoms with Crippen molar-refractivity contribution in [2.24, 2.45) is 5.10 Å². The van der Waals surface area contributed by atoms with Crippen LogP contribution in [0.15, 0.2) is 52.2 Å². The molecule has 1 aromatic carbocycles. The zero-order valence-corrected chi connectivity index (χ0v) is 12.7. The average Bonchev–Trinajstić information content (AvgIpc) is 3.07. The third-order valence-electron chi connectivity index (χ3n) is 3.47. The second-order valence-electron chi connectivity index (χ2n) is 5.18. The van der Waals surface area contributed by atoms with Crippen LogP contribution in [0.1, 0.15) is 29.3 Å². The van der Waals surface area contributed by atoms with Crippen molar-refractivity contribution in [2.75, 3.05) is 6.26 Å². The lowest BCUT2D eigenvalue weighted by atomic mass is 10.0. The van der Waals surface area contributed by atoms with Crippen molar-refractivity contribution >= 4 is 15.7 Å². The molecule has 3 rings (SSSR count). The standard InChI is InChI=1S/C15H16N2O3S/c1-11-5-7-12(8-6-11)13-10-14(15-4-3-9-20-15)17(16-13)21(2,18)19/h3-9,14H,10H2,1-2H3. The first-order chi connectivity index (χ1) is 9.95. The van der Waals surface area contributed by atoms with Gasteiger partial charge in [-0.15, -0.1) is 0 Å². The van der Waals surface area contributed by atoms with Crippen LogP contribution in [-0.4, -0.2) is 24.8 Å². The number of sulfonamides is 1. The summed E-state index contributed by atoms with van der Waals surface area (Å²) in [7, 11) is -3.44. The highest BCUT2D eigenvalue weighted by atomic mass is 32.2. The largest absolute Gasteiger partial charge is 0.467 e. The van der Waals surface area contributed by atoms with E-state index in [1.807, 2.05) is 31.2 Å². The van der Waals surface area contributed by atoms with E-state index < -0.39 is 16.1 Å². The molecule has 0 fully saturated rings. The Kier molecular flexibility index (Phi) is 3.33. The first-order valence-electron chi connectivity index (χ1n) is 6.62. The molecule has 1 aromatic heterocycles. The van der Waals surface area contributed by atoms with Gasteiger partial charge in [0.2, 0.25) is 10.0 Å². The van der Waals surface area contributed by atoms with Crippen LogP contribution in [0.4, 0.5) is 0 Å². The lowest BCUT2D eigenvalue weighted by Crippen LogP contribution is -2.25. The van der Waals surface area contributed by atoms with E-state index in [1.165, 1.54) is 0 Å². The molecular weight excluding hydrogens is 288 g/mol. The van der Waals surface area contributed by atoms with Crippen molar-refractivity contribution in [1.29, 1.82) is 0 Å². The quantitative estimate of drug-likeness (QED) is 0.876. The minimum atomic E-state index is -3.44. The molecule has 0 spiro atoms. The number of rotatable bonds is 3. The molecule has 6 heteroatoms. The first-order valence-corrected chi connectivity index (χ1v) is 8.47. The van der Waals surface area contributed by atoms with Crippen molar-refractivity contribution in [1.82, 2.24) is 4.41 Å². The molecule has 2 aromatic rings. The number of furan rings is 1. The number of aryl methyl sites for hydroxylation is 1. The van der Waals surface area contributed by atoms with Crippen molar-refractivity contribution < 1.29 is 12.8 Å². The predicted molar refractivity (Wildman–Crippen MR) is 80.5 cm³/mol. The minimum Gasteiger partial charge on any atom is -0.467 e. The SMILES string of the molecule is Cc1ccc(C2=NN(S(C)(=O)=O)C(c3ccco3)C2)cc1. The first kappa shape index (κ1) is 13.9. The Morgan fingerprint density at radius 2 is 1.95 bits per heavy atom. The molecule has 2 heterocycles. The van der Waals surface area contributed by atoms with E-state index in [0.717, 1.165) is 27.5 Å². The Hall–Kier alpha value is -2.08. The van der Waals surface area contributed by atoms with Gasteiger partial charge >= 0.3 is 0 Å². The van der Waals surface area contributed by atoms with Gasteiger partial charge in [-0.1, -0.05) is 29.8 Å². The normalized spacial score (nSPS) is 18.9. The molecule has 1 unspecified atom stereocenters. The molecule has 21 heavy (non-hydrogen) atoms. The second kappa shape index (κ2) is 5.04. The van der Waals surface area contributed by atoms with E-state index >= 15 is 0 Å². The molecule has 1 aliphatic heterocycles. The fourth-order valence-electron chi connectivity index (χ4n) is 2.41. The average molecular weight is 304 g/mol. The molecular formula is C15H16N2O3S. The zero-order valence-electron chi connectivity index (χ0n) is 11.9. The topological polar surface area (TPSA) is 62.9 Å². The van der Waals surface area contributed by atoms with Gasteiger partial charge in [-0.25, -0.2) is 8.42 Å². The van der Waals surface area contributed by atoms with Crippen molar-refractivity contribution in [3.8, 4) is 0 Å². The highest BCUT2D eigenvalue weighted by Gasteiger charge is 2.36. The maximum Gasteiger partial charge on any atom is 0.247 e. The summed E-state index contributed by atoms with van der Waals surface area (Å²) in [5.41, 5.74) is 2.84.